The van der Waals surface area contributed by atoms with E-state index in [4.69, 9.17) is 11.6 Å². The van der Waals surface area contributed by atoms with E-state index in [1.54, 1.807) is 0 Å². The van der Waals surface area contributed by atoms with E-state index in [1.165, 1.54) is 5.56 Å². The van der Waals surface area contributed by atoms with Crippen LogP contribution in [0.2, 0.25) is 5.02 Å². The van der Waals surface area contributed by atoms with E-state index < -0.39 is 0 Å². The summed E-state index contributed by atoms with van der Waals surface area (Å²) in [5, 5.41) is 0.590. The molecule has 3 aromatic rings. The number of hydrogen-bond acceptors (Lipinski definition) is 0. The van der Waals surface area contributed by atoms with Crippen molar-refractivity contribution in [3.05, 3.63) is 82.1 Å². The summed E-state index contributed by atoms with van der Waals surface area (Å²) in [4.78, 5) is 0. The van der Waals surface area contributed by atoms with Crippen LogP contribution in [0.4, 0.5) is 4.39 Å². The van der Waals surface area contributed by atoms with E-state index in [0.29, 0.717) is 16.1 Å². The molecule has 0 spiro atoms. The Balaban J connectivity index is 2.26. The lowest BCUT2D eigenvalue weighted by atomic mass is 9.90. The highest BCUT2D eigenvalue weighted by molar-refractivity contribution is 6.33. The van der Waals surface area contributed by atoms with Gasteiger partial charge in [0.2, 0.25) is 0 Å². The predicted molar refractivity (Wildman–Crippen MR) is 115 cm³/mol. The zero-order valence-corrected chi connectivity index (χ0v) is 17.0. The quantitative estimate of drug-likeness (QED) is 0.407. The Labute approximate surface area is 167 Å². The molecule has 0 heterocycles. The van der Waals surface area contributed by atoms with Crippen molar-refractivity contribution in [3.8, 4) is 22.3 Å². The maximum Gasteiger partial charge on any atom is 0.138 e. The molecule has 0 nitrogen and oxygen atoms in total. The van der Waals surface area contributed by atoms with Gasteiger partial charge in [-0.25, -0.2) is 4.39 Å². The molecule has 27 heavy (non-hydrogen) atoms. The second-order valence-electron chi connectivity index (χ2n) is 6.93. The van der Waals surface area contributed by atoms with Gasteiger partial charge < -0.3 is 0 Å². The topological polar surface area (TPSA) is 0 Å². The van der Waals surface area contributed by atoms with Crippen molar-refractivity contribution >= 4 is 11.6 Å². The van der Waals surface area contributed by atoms with Crippen LogP contribution in [-0.4, -0.2) is 0 Å². The highest BCUT2D eigenvalue weighted by Gasteiger charge is 2.17. The third kappa shape index (κ3) is 4.09. The Bertz CT molecular complexity index is 943. The van der Waals surface area contributed by atoms with Gasteiger partial charge in [0.05, 0.1) is 0 Å². The molecular weight excluding hydrogens is 355 g/mol. The number of rotatable bonds is 6. The zero-order chi connectivity index (χ0) is 19.4. The summed E-state index contributed by atoms with van der Waals surface area (Å²) < 4.78 is 15.7. The van der Waals surface area contributed by atoms with Crippen LogP contribution in [0.25, 0.3) is 22.3 Å². The average molecular weight is 381 g/mol. The van der Waals surface area contributed by atoms with Crippen molar-refractivity contribution in [2.45, 2.75) is 46.5 Å². The second kappa shape index (κ2) is 8.71. The number of benzene rings is 3. The summed E-state index contributed by atoms with van der Waals surface area (Å²) in [6, 6.07) is 18.0. The molecule has 0 atom stereocenters. The molecule has 0 radical (unpaired) electrons. The molecule has 0 bridgehead atoms. The van der Waals surface area contributed by atoms with Crippen LogP contribution in [0.5, 0.6) is 0 Å². The monoisotopic (exact) mass is 380 g/mol. The van der Waals surface area contributed by atoms with Gasteiger partial charge in [-0.1, -0.05) is 69.1 Å². The summed E-state index contributed by atoms with van der Waals surface area (Å²) >= 11 is 6.47. The third-order valence-electron chi connectivity index (χ3n) is 5.10. The van der Waals surface area contributed by atoms with E-state index in [9.17, 15) is 0 Å². The lowest BCUT2D eigenvalue weighted by Gasteiger charge is -2.16. The molecule has 0 amide bonds. The Hall–Kier alpha value is -2.12. The molecule has 140 valence electrons. The number of halogens is 2. The molecule has 0 aliphatic carbocycles. The number of aryl methyl sites for hydroxylation is 3. The van der Waals surface area contributed by atoms with E-state index >= 15 is 4.39 Å². The fourth-order valence-corrected chi connectivity index (χ4v) is 3.77. The standard InChI is InChI=1S/C25H26ClF/c1-4-9-19-10-7-8-11-20(19)22-15-18(6-3)16-23(25(22)27)21-14-17(5-2)12-13-24(21)26/h7-8,10-16H,4-6,9H2,1-3H3. The van der Waals surface area contributed by atoms with E-state index in [0.717, 1.165) is 47.9 Å². The van der Waals surface area contributed by atoms with Crippen molar-refractivity contribution in [2.75, 3.05) is 0 Å². The van der Waals surface area contributed by atoms with Crippen molar-refractivity contribution in [1.82, 2.24) is 0 Å². The summed E-state index contributed by atoms with van der Waals surface area (Å²) in [5.74, 6) is -0.189. The lowest BCUT2D eigenvalue weighted by Crippen LogP contribution is -1.97. The number of hydrogen-bond donors (Lipinski definition) is 0. The van der Waals surface area contributed by atoms with Crippen molar-refractivity contribution in [1.29, 1.82) is 0 Å². The predicted octanol–water partition coefficient (Wildman–Crippen LogP) is 7.89. The minimum atomic E-state index is -0.189. The Morgan fingerprint density at radius 2 is 1.37 bits per heavy atom. The van der Waals surface area contributed by atoms with E-state index in [1.807, 2.05) is 48.5 Å². The largest absolute Gasteiger partial charge is 0.206 e. The first kappa shape index (κ1) is 19.6. The first-order valence-electron chi connectivity index (χ1n) is 9.78. The van der Waals surface area contributed by atoms with Crippen molar-refractivity contribution < 1.29 is 4.39 Å². The molecule has 0 fully saturated rings. The van der Waals surface area contributed by atoms with Crippen molar-refractivity contribution in [2.24, 2.45) is 0 Å². The second-order valence-corrected chi connectivity index (χ2v) is 7.34. The maximum atomic E-state index is 15.7. The summed E-state index contributed by atoms with van der Waals surface area (Å²) in [6.07, 6.45) is 3.71. The fourth-order valence-electron chi connectivity index (χ4n) is 3.55. The van der Waals surface area contributed by atoms with Gasteiger partial charge in [-0.3, -0.25) is 0 Å². The van der Waals surface area contributed by atoms with Gasteiger partial charge >= 0.3 is 0 Å². The van der Waals surface area contributed by atoms with Crippen LogP contribution in [0.3, 0.4) is 0 Å². The minimum Gasteiger partial charge on any atom is -0.206 e. The van der Waals surface area contributed by atoms with Crippen LogP contribution in [0, 0.1) is 5.82 Å². The lowest BCUT2D eigenvalue weighted by molar-refractivity contribution is 0.634. The van der Waals surface area contributed by atoms with Gasteiger partial charge in [0.1, 0.15) is 5.82 Å². The molecule has 0 saturated carbocycles. The fraction of sp³-hybridized carbons (Fsp3) is 0.280. The summed E-state index contributed by atoms with van der Waals surface area (Å²) in [5.41, 5.74) is 6.48. The highest BCUT2D eigenvalue weighted by Crippen LogP contribution is 2.37. The maximum absolute atomic E-state index is 15.7. The summed E-state index contributed by atoms with van der Waals surface area (Å²) in [7, 11) is 0. The van der Waals surface area contributed by atoms with Crippen LogP contribution >= 0.6 is 11.6 Å². The Kier molecular flexibility index (Phi) is 6.34. The molecule has 2 heteroatoms. The van der Waals surface area contributed by atoms with Gasteiger partial charge in [0.15, 0.2) is 0 Å². The third-order valence-corrected chi connectivity index (χ3v) is 5.43. The Morgan fingerprint density at radius 1 is 0.741 bits per heavy atom. The van der Waals surface area contributed by atoms with Gasteiger partial charge in [0, 0.05) is 21.7 Å². The van der Waals surface area contributed by atoms with Gasteiger partial charge in [-0.15, -0.1) is 0 Å². The molecular formula is C25H26ClF. The summed E-state index contributed by atoms with van der Waals surface area (Å²) in [6.45, 7) is 6.35. The van der Waals surface area contributed by atoms with E-state index in [2.05, 4.69) is 26.8 Å². The van der Waals surface area contributed by atoms with E-state index in [-0.39, 0.29) is 5.82 Å². The van der Waals surface area contributed by atoms with Gasteiger partial charge in [-0.05, 0) is 65.8 Å². The molecule has 0 unspecified atom stereocenters. The van der Waals surface area contributed by atoms with Crippen LogP contribution in [-0.2, 0) is 19.3 Å². The minimum absolute atomic E-state index is 0.189. The zero-order valence-electron chi connectivity index (χ0n) is 16.3. The average Bonchev–Trinajstić information content (AvgIpc) is 2.70. The highest BCUT2D eigenvalue weighted by atomic mass is 35.5. The molecule has 0 aliphatic heterocycles. The van der Waals surface area contributed by atoms with Gasteiger partial charge in [0.25, 0.3) is 0 Å². The first-order chi connectivity index (χ1) is 13.1. The molecule has 0 N–H and O–H groups in total. The van der Waals surface area contributed by atoms with Gasteiger partial charge in [-0.2, -0.15) is 0 Å². The Morgan fingerprint density at radius 3 is 2.04 bits per heavy atom. The normalized spacial score (nSPS) is 11.0. The van der Waals surface area contributed by atoms with Crippen LogP contribution in [0.15, 0.2) is 54.6 Å². The molecule has 0 aliphatic rings. The van der Waals surface area contributed by atoms with Crippen LogP contribution in [0.1, 0.15) is 43.9 Å². The van der Waals surface area contributed by atoms with Crippen LogP contribution < -0.4 is 0 Å². The first-order valence-corrected chi connectivity index (χ1v) is 10.2. The molecule has 3 aromatic carbocycles. The molecule has 0 aromatic heterocycles. The smallest absolute Gasteiger partial charge is 0.138 e. The molecule has 0 saturated heterocycles. The molecule has 3 rings (SSSR count). The van der Waals surface area contributed by atoms with Crippen molar-refractivity contribution in [3.63, 3.8) is 0 Å². The SMILES string of the molecule is CCCc1ccccc1-c1cc(CC)cc(-c2cc(CC)ccc2Cl)c1F.